The number of rotatable bonds is 8. The molecule has 0 spiro atoms. The molecule has 3 aliphatic heterocycles. The fraction of sp³-hybridized carbons (Fsp3) is 0.441. The lowest BCUT2D eigenvalue weighted by atomic mass is 9.58. The van der Waals surface area contributed by atoms with Gasteiger partial charge in [0.25, 0.3) is 0 Å². The van der Waals surface area contributed by atoms with E-state index in [1.165, 1.54) is 11.1 Å². The van der Waals surface area contributed by atoms with Crippen molar-refractivity contribution in [2.24, 2.45) is 17.8 Å². The summed E-state index contributed by atoms with van der Waals surface area (Å²) in [4.78, 5) is 16.8. The van der Waals surface area contributed by atoms with Crippen LogP contribution in [-0.2, 0) is 24.3 Å². The maximum absolute atomic E-state index is 14.1. The number of hydrogen-bond acceptors (Lipinski definition) is 4. The molecule has 5 atom stereocenters. The first-order valence-corrected chi connectivity index (χ1v) is 14.4. The third-order valence-electron chi connectivity index (χ3n) is 8.95. The Kier molecular flexibility index (Phi) is 6.98. The monoisotopic (exact) mass is 523 g/mol. The molecule has 5 nitrogen and oxygen atoms in total. The van der Waals surface area contributed by atoms with E-state index >= 15 is 0 Å². The number of nitrogens with one attached hydrogen (secondary N) is 2. The van der Waals surface area contributed by atoms with Crippen molar-refractivity contribution in [1.82, 2.24) is 15.5 Å². The van der Waals surface area contributed by atoms with Gasteiger partial charge in [0, 0.05) is 38.1 Å². The largest absolute Gasteiger partial charge is 0.488 e. The third-order valence-corrected chi connectivity index (χ3v) is 8.95. The van der Waals surface area contributed by atoms with Gasteiger partial charge in [0.1, 0.15) is 16.9 Å². The number of fused-ring (bicyclic) bond motifs is 1. The number of ether oxygens (including phenoxy) is 1. The average molecular weight is 524 g/mol. The minimum absolute atomic E-state index is 0.158. The van der Waals surface area contributed by atoms with E-state index in [1.807, 2.05) is 18.2 Å². The number of likely N-dealkylation sites (tertiary alicyclic amines) is 1. The average Bonchev–Trinajstić information content (AvgIpc) is 3.23. The Morgan fingerprint density at radius 2 is 1.62 bits per heavy atom. The SMILES string of the molecule is CC(C)(C)Oc1ccc(CN2C[C@H]3C[C@]4(C(=O)NCc5ccccc5)NC[C@H]3[C@@H]2[C@@H]4Cc2ccccc2)cc1. The summed E-state index contributed by atoms with van der Waals surface area (Å²) in [5.74, 6) is 2.38. The van der Waals surface area contributed by atoms with Crippen LogP contribution in [-0.4, -0.2) is 41.1 Å². The molecule has 0 radical (unpaired) electrons. The van der Waals surface area contributed by atoms with Gasteiger partial charge in [0.05, 0.1) is 0 Å². The van der Waals surface area contributed by atoms with E-state index in [-0.39, 0.29) is 17.4 Å². The van der Waals surface area contributed by atoms with E-state index in [4.69, 9.17) is 4.74 Å². The van der Waals surface area contributed by atoms with E-state index < -0.39 is 5.54 Å². The first kappa shape index (κ1) is 26.1. The lowest BCUT2D eigenvalue weighted by Crippen LogP contribution is -2.74. The third kappa shape index (κ3) is 5.35. The standard InChI is InChI=1S/C34H41N3O2/c1-33(2,3)39-28-16-14-26(15-17-28)22-37-23-27-19-34(32(38)35-20-25-12-8-5-9-13-25)30(31(37)29(27)21-36-34)18-24-10-6-4-7-11-24/h4-17,27,29-31,36H,18-23H2,1-3H3,(H,35,38)/t27-,29-,30+,31-,34+/m1/s1. The number of hydrogen-bond donors (Lipinski definition) is 2. The van der Waals surface area contributed by atoms with Crippen molar-refractivity contribution in [1.29, 1.82) is 0 Å². The molecule has 1 amide bonds. The normalized spacial score (nSPS) is 27.9. The predicted molar refractivity (Wildman–Crippen MR) is 155 cm³/mol. The highest BCUT2D eigenvalue weighted by Crippen LogP contribution is 2.53. The second kappa shape index (κ2) is 10.4. The molecule has 4 fully saturated rings. The first-order chi connectivity index (χ1) is 18.8. The second-order valence-corrected chi connectivity index (χ2v) is 12.7. The van der Waals surface area contributed by atoms with Crippen LogP contribution < -0.4 is 15.4 Å². The number of benzene rings is 3. The van der Waals surface area contributed by atoms with Crippen LogP contribution in [0.15, 0.2) is 84.9 Å². The Labute approximate surface area is 233 Å². The first-order valence-electron chi connectivity index (χ1n) is 14.4. The molecule has 3 aromatic carbocycles. The smallest absolute Gasteiger partial charge is 0.240 e. The number of carbonyl (C=O) groups is 1. The molecule has 1 aliphatic carbocycles. The summed E-state index contributed by atoms with van der Waals surface area (Å²) >= 11 is 0. The zero-order valence-corrected chi connectivity index (χ0v) is 23.4. The van der Waals surface area contributed by atoms with E-state index in [1.54, 1.807) is 0 Å². The molecule has 4 aliphatic rings. The van der Waals surface area contributed by atoms with Crippen molar-refractivity contribution in [3.63, 3.8) is 0 Å². The van der Waals surface area contributed by atoms with Crippen molar-refractivity contribution in [3.05, 3.63) is 102 Å². The number of carbonyl (C=O) groups excluding carboxylic acids is 1. The molecule has 3 heterocycles. The van der Waals surface area contributed by atoms with Crippen LogP contribution in [0.3, 0.4) is 0 Å². The van der Waals surface area contributed by atoms with E-state index in [0.29, 0.717) is 24.4 Å². The maximum atomic E-state index is 14.1. The highest BCUT2D eigenvalue weighted by atomic mass is 16.5. The molecule has 4 bridgehead atoms. The molecular weight excluding hydrogens is 482 g/mol. The number of nitrogens with zero attached hydrogens (tertiary/aromatic N) is 1. The molecule has 7 rings (SSSR count). The zero-order chi connectivity index (χ0) is 27.0. The van der Waals surface area contributed by atoms with Crippen LogP contribution in [0, 0.1) is 17.8 Å². The topological polar surface area (TPSA) is 53.6 Å². The highest BCUT2D eigenvalue weighted by Gasteiger charge is 2.64. The van der Waals surface area contributed by atoms with Gasteiger partial charge in [0.2, 0.25) is 5.91 Å². The Morgan fingerprint density at radius 3 is 2.28 bits per heavy atom. The summed E-state index contributed by atoms with van der Waals surface area (Å²) < 4.78 is 6.05. The molecule has 3 aromatic rings. The van der Waals surface area contributed by atoms with Crippen molar-refractivity contribution < 1.29 is 9.53 Å². The van der Waals surface area contributed by atoms with Gasteiger partial charge in [-0.05, 0) is 74.3 Å². The second-order valence-electron chi connectivity index (χ2n) is 12.7. The van der Waals surface area contributed by atoms with Crippen LogP contribution in [0.25, 0.3) is 0 Å². The molecule has 204 valence electrons. The van der Waals surface area contributed by atoms with Gasteiger partial charge < -0.3 is 15.4 Å². The molecule has 5 heteroatoms. The molecule has 0 unspecified atom stereocenters. The molecule has 3 saturated heterocycles. The molecular formula is C34H41N3O2. The van der Waals surface area contributed by atoms with Crippen LogP contribution in [0.4, 0.5) is 0 Å². The minimum Gasteiger partial charge on any atom is -0.488 e. The lowest BCUT2D eigenvalue weighted by molar-refractivity contribution is -0.138. The molecule has 39 heavy (non-hydrogen) atoms. The summed E-state index contributed by atoms with van der Waals surface area (Å²) in [5.41, 5.74) is 2.98. The van der Waals surface area contributed by atoms with E-state index in [2.05, 4.69) is 103 Å². The summed E-state index contributed by atoms with van der Waals surface area (Å²) in [7, 11) is 0. The quantitative estimate of drug-likeness (QED) is 0.426. The fourth-order valence-electron chi connectivity index (χ4n) is 7.39. The molecule has 1 saturated carbocycles. The minimum atomic E-state index is -0.548. The van der Waals surface area contributed by atoms with Gasteiger partial charge in [-0.15, -0.1) is 0 Å². The Balaban J connectivity index is 1.26. The van der Waals surface area contributed by atoms with Gasteiger partial charge in [-0.1, -0.05) is 72.8 Å². The predicted octanol–water partition coefficient (Wildman–Crippen LogP) is 5.20. The maximum Gasteiger partial charge on any atom is 0.240 e. The van der Waals surface area contributed by atoms with Crippen molar-refractivity contribution in [3.8, 4) is 5.75 Å². The Bertz CT molecular complexity index is 1270. The Hall–Kier alpha value is -3.15. The van der Waals surface area contributed by atoms with E-state index in [0.717, 1.165) is 43.8 Å². The van der Waals surface area contributed by atoms with Gasteiger partial charge in [-0.25, -0.2) is 0 Å². The van der Waals surface area contributed by atoms with Crippen LogP contribution in [0.1, 0.15) is 43.9 Å². The van der Waals surface area contributed by atoms with Gasteiger partial charge in [-0.2, -0.15) is 0 Å². The fourth-order valence-corrected chi connectivity index (χ4v) is 7.39. The van der Waals surface area contributed by atoms with Crippen molar-refractivity contribution >= 4 is 5.91 Å². The number of piperidine rings is 2. The lowest BCUT2D eigenvalue weighted by Gasteiger charge is -2.56. The van der Waals surface area contributed by atoms with Gasteiger partial charge in [-0.3, -0.25) is 9.69 Å². The molecule has 2 N–H and O–H groups in total. The van der Waals surface area contributed by atoms with E-state index in [9.17, 15) is 4.79 Å². The zero-order valence-electron chi connectivity index (χ0n) is 23.4. The van der Waals surface area contributed by atoms with Crippen LogP contribution in [0.2, 0.25) is 0 Å². The highest BCUT2D eigenvalue weighted by molar-refractivity contribution is 5.87. The van der Waals surface area contributed by atoms with Crippen LogP contribution in [0.5, 0.6) is 5.75 Å². The Morgan fingerprint density at radius 1 is 0.949 bits per heavy atom. The summed E-state index contributed by atoms with van der Waals surface area (Å²) in [6, 6.07) is 29.9. The van der Waals surface area contributed by atoms with Crippen molar-refractivity contribution in [2.75, 3.05) is 13.1 Å². The van der Waals surface area contributed by atoms with Crippen molar-refractivity contribution in [2.45, 2.75) is 63.9 Å². The van der Waals surface area contributed by atoms with Gasteiger partial charge in [0.15, 0.2) is 0 Å². The van der Waals surface area contributed by atoms with Gasteiger partial charge >= 0.3 is 0 Å². The summed E-state index contributed by atoms with van der Waals surface area (Å²) in [6.45, 7) is 9.66. The summed E-state index contributed by atoms with van der Waals surface area (Å²) in [6.07, 6.45) is 1.80. The molecule has 0 aromatic heterocycles. The summed E-state index contributed by atoms with van der Waals surface area (Å²) in [5, 5.41) is 7.12. The number of amides is 1. The van der Waals surface area contributed by atoms with Crippen LogP contribution >= 0.6 is 0 Å².